The van der Waals surface area contributed by atoms with Gasteiger partial charge >= 0.3 is 0 Å². The van der Waals surface area contributed by atoms with Gasteiger partial charge in [-0.3, -0.25) is 4.79 Å². The fourth-order valence-corrected chi connectivity index (χ4v) is 5.65. The molecule has 0 radical (unpaired) electrons. The zero-order valence-electron chi connectivity index (χ0n) is 24.3. The van der Waals surface area contributed by atoms with Crippen LogP contribution in [-0.4, -0.2) is 84.2 Å². The number of nitrogens with zero attached hydrogens (tertiary/aromatic N) is 5. The topological polar surface area (TPSA) is 71.0 Å². The van der Waals surface area contributed by atoms with Crippen LogP contribution < -0.4 is 14.4 Å². The number of piperazine rings is 1. The minimum atomic E-state index is 0.134. The molecule has 8 heteroatoms. The average Bonchev–Trinajstić information content (AvgIpc) is 2.96. The summed E-state index contributed by atoms with van der Waals surface area (Å²) in [7, 11) is 0. The fraction of sp³-hybridized carbons (Fsp3) is 0.531. The second kappa shape index (κ2) is 13.3. The summed E-state index contributed by atoms with van der Waals surface area (Å²) in [5.74, 6) is 2.81. The van der Waals surface area contributed by atoms with Crippen LogP contribution in [0.25, 0.3) is 10.9 Å². The SMILES string of the molecule is Cc1cc2c(N3CCN(C(=O)Cc4ccc(OC(C)C)cc4)CC3)ncnc2cc1OCCCN1CCCCC1. The Morgan fingerprint density at radius 1 is 0.950 bits per heavy atom. The molecule has 1 amide bonds. The first-order chi connectivity index (χ1) is 19.5. The number of rotatable bonds is 10. The van der Waals surface area contributed by atoms with Crippen molar-refractivity contribution in [1.82, 2.24) is 19.8 Å². The van der Waals surface area contributed by atoms with Gasteiger partial charge in [0.05, 0.1) is 24.6 Å². The van der Waals surface area contributed by atoms with Crippen molar-refractivity contribution in [3.63, 3.8) is 0 Å². The number of fused-ring (bicyclic) bond motifs is 1. The third kappa shape index (κ3) is 7.22. The Labute approximate surface area is 238 Å². The third-order valence-corrected chi connectivity index (χ3v) is 7.82. The van der Waals surface area contributed by atoms with E-state index in [-0.39, 0.29) is 12.0 Å². The molecule has 2 saturated heterocycles. The fourth-order valence-electron chi connectivity index (χ4n) is 5.65. The van der Waals surface area contributed by atoms with E-state index in [1.54, 1.807) is 6.33 Å². The quantitative estimate of drug-likeness (QED) is 0.337. The lowest BCUT2D eigenvalue weighted by Crippen LogP contribution is -2.49. The summed E-state index contributed by atoms with van der Waals surface area (Å²) in [5.41, 5.74) is 3.00. The molecule has 0 N–H and O–H groups in total. The number of benzene rings is 2. The number of ether oxygens (including phenoxy) is 2. The summed E-state index contributed by atoms with van der Waals surface area (Å²) >= 11 is 0. The lowest BCUT2D eigenvalue weighted by atomic mass is 10.1. The molecule has 214 valence electrons. The summed E-state index contributed by atoms with van der Waals surface area (Å²) in [6.45, 7) is 13.2. The molecule has 0 bridgehead atoms. The van der Waals surface area contributed by atoms with Crippen molar-refractivity contribution in [3.8, 4) is 11.5 Å². The van der Waals surface area contributed by atoms with Gasteiger partial charge in [-0.2, -0.15) is 0 Å². The summed E-state index contributed by atoms with van der Waals surface area (Å²) in [6, 6.07) is 12.0. The smallest absolute Gasteiger partial charge is 0.227 e. The van der Waals surface area contributed by atoms with E-state index in [0.717, 1.165) is 65.4 Å². The number of aryl methyl sites for hydroxylation is 1. The number of hydrogen-bond acceptors (Lipinski definition) is 7. The number of amides is 1. The number of anilines is 1. The number of carbonyl (C=O) groups excluding carboxylic acids is 1. The first kappa shape index (κ1) is 28.1. The van der Waals surface area contributed by atoms with Gasteiger partial charge in [-0.15, -0.1) is 0 Å². The Bertz CT molecular complexity index is 1270. The van der Waals surface area contributed by atoms with Gasteiger partial charge in [-0.1, -0.05) is 18.6 Å². The van der Waals surface area contributed by atoms with Crippen molar-refractivity contribution in [3.05, 3.63) is 53.9 Å². The molecular formula is C32H43N5O3. The Hall–Kier alpha value is -3.39. The standard InChI is InChI=1S/C32H43N5O3/c1-24(2)40-27-10-8-26(9-11-27)21-31(38)36-15-17-37(18-16-36)32-28-20-25(3)30(22-29(28)33-23-34-32)39-19-7-14-35-12-5-4-6-13-35/h8-11,20,22-24H,4-7,12-19,21H2,1-3H3. The van der Waals surface area contributed by atoms with E-state index < -0.39 is 0 Å². The molecule has 0 spiro atoms. The highest BCUT2D eigenvalue weighted by Crippen LogP contribution is 2.30. The van der Waals surface area contributed by atoms with Gasteiger partial charge in [0.2, 0.25) is 5.91 Å². The van der Waals surface area contributed by atoms with Crippen LogP contribution in [0.1, 0.15) is 50.7 Å². The zero-order chi connectivity index (χ0) is 27.9. The molecule has 0 saturated carbocycles. The van der Waals surface area contributed by atoms with E-state index in [4.69, 9.17) is 9.47 Å². The molecule has 2 aromatic carbocycles. The van der Waals surface area contributed by atoms with Crippen LogP contribution in [0.15, 0.2) is 42.7 Å². The van der Waals surface area contributed by atoms with Gasteiger partial charge in [0.1, 0.15) is 23.6 Å². The molecule has 1 aromatic heterocycles. The Balaban J connectivity index is 1.15. The van der Waals surface area contributed by atoms with Gasteiger partial charge in [-0.05, 0) is 82.4 Å². The second-order valence-corrected chi connectivity index (χ2v) is 11.3. The number of piperidine rings is 1. The Morgan fingerprint density at radius 2 is 1.70 bits per heavy atom. The van der Waals surface area contributed by atoms with Gasteiger partial charge in [0, 0.05) is 44.2 Å². The third-order valence-electron chi connectivity index (χ3n) is 7.82. The average molecular weight is 546 g/mol. The van der Waals surface area contributed by atoms with Crippen molar-refractivity contribution in [1.29, 1.82) is 0 Å². The Kier molecular flexibility index (Phi) is 9.37. The van der Waals surface area contributed by atoms with E-state index in [0.29, 0.717) is 26.1 Å². The maximum Gasteiger partial charge on any atom is 0.227 e. The van der Waals surface area contributed by atoms with Crippen molar-refractivity contribution in [2.45, 2.75) is 59.0 Å². The van der Waals surface area contributed by atoms with Gasteiger partial charge in [-0.25, -0.2) is 9.97 Å². The van der Waals surface area contributed by atoms with Gasteiger partial charge in [0.15, 0.2) is 0 Å². The van der Waals surface area contributed by atoms with Crippen LogP contribution in [-0.2, 0) is 11.2 Å². The van der Waals surface area contributed by atoms with E-state index in [1.165, 1.54) is 32.4 Å². The summed E-state index contributed by atoms with van der Waals surface area (Å²) in [6.07, 6.45) is 7.21. The van der Waals surface area contributed by atoms with Crippen molar-refractivity contribution in [2.24, 2.45) is 0 Å². The second-order valence-electron chi connectivity index (χ2n) is 11.3. The molecule has 2 aliphatic rings. The molecule has 40 heavy (non-hydrogen) atoms. The molecular weight excluding hydrogens is 502 g/mol. The molecule has 8 nitrogen and oxygen atoms in total. The minimum Gasteiger partial charge on any atom is -0.493 e. The van der Waals surface area contributed by atoms with E-state index in [9.17, 15) is 4.79 Å². The first-order valence-corrected chi connectivity index (χ1v) is 14.8. The molecule has 0 aliphatic carbocycles. The number of aromatic nitrogens is 2. The highest BCUT2D eigenvalue weighted by atomic mass is 16.5. The van der Waals surface area contributed by atoms with Crippen LogP contribution in [0.2, 0.25) is 0 Å². The molecule has 2 aliphatic heterocycles. The highest BCUT2D eigenvalue weighted by Gasteiger charge is 2.24. The van der Waals surface area contributed by atoms with Crippen LogP contribution >= 0.6 is 0 Å². The van der Waals surface area contributed by atoms with Crippen LogP contribution in [0.4, 0.5) is 5.82 Å². The van der Waals surface area contributed by atoms with Gasteiger partial charge in [0.25, 0.3) is 0 Å². The van der Waals surface area contributed by atoms with Crippen LogP contribution in [0.5, 0.6) is 11.5 Å². The largest absolute Gasteiger partial charge is 0.493 e. The van der Waals surface area contributed by atoms with Crippen molar-refractivity contribution >= 4 is 22.6 Å². The van der Waals surface area contributed by atoms with Crippen LogP contribution in [0, 0.1) is 6.92 Å². The number of carbonyl (C=O) groups is 1. The molecule has 3 heterocycles. The van der Waals surface area contributed by atoms with E-state index >= 15 is 0 Å². The van der Waals surface area contributed by atoms with Gasteiger partial charge < -0.3 is 24.2 Å². The highest BCUT2D eigenvalue weighted by molar-refractivity contribution is 5.91. The normalized spacial score (nSPS) is 16.5. The van der Waals surface area contributed by atoms with Crippen LogP contribution in [0.3, 0.4) is 0 Å². The molecule has 0 unspecified atom stereocenters. The maximum absolute atomic E-state index is 13.0. The predicted octanol–water partition coefficient (Wildman–Crippen LogP) is 4.87. The summed E-state index contributed by atoms with van der Waals surface area (Å²) in [4.78, 5) is 29.0. The molecule has 2 fully saturated rings. The molecule has 5 rings (SSSR count). The minimum absolute atomic E-state index is 0.134. The van der Waals surface area contributed by atoms with Crippen molar-refractivity contribution in [2.75, 3.05) is 57.3 Å². The monoisotopic (exact) mass is 545 g/mol. The van der Waals surface area contributed by atoms with E-state index in [2.05, 4.69) is 32.8 Å². The molecule has 3 aromatic rings. The first-order valence-electron chi connectivity index (χ1n) is 14.8. The number of likely N-dealkylation sites (tertiary alicyclic amines) is 1. The lowest BCUT2D eigenvalue weighted by molar-refractivity contribution is -0.130. The number of hydrogen-bond donors (Lipinski definition) is 0. The maximum atomic E-state index is 13.0. The predicted molar refractivity (Wildman–Crippen MR) is 159 cm³/mol. The Morgan fingerprint density at radius 3 is 2.42 bits per heavy atom. The van der Waals surface area contributed by atoms with Crippen molar-refractivity contribution < 1.29 is 14.3 Å². The zero-order valence-corrected chi connectivity index (χ0v) is 24.3. The molecule has 0 atom stereocenters. The lowest BCUT2D eigenvalue weighted by Gasteiger charge is -2.36. The summed E-state index contributed by atoms with van der Waals surface area (Å²) < 4.78 is 11.9. The summed E-state index contributed by atoms with van der Waals surface area (Å²) in [5, 5.41) is 1.03. The van der Waals surface area contributed by atoms with E-state index in [1.807, 2.05) is 49.1 Å².